The lowest BCUT2D eigenvalue weighted by Gasteiger charge is -2.13. The monoisotopic (exact) mass is 505 g/mol. The number of ether oxygens (including phenoxy) is 2. The van der Waals surface area contributed by atoms with Crippen LogP contribution in [-0.4, -0.2) is 49.5 Å². The summed E-state index contributed by atoms with van der Waals surface area (Å²) in [6.07, 6.45) is 1.24. The lowest BCUT2D eigenvalue weighted by atomic mass is 10.2. The van der Waals surface area contributed by atoms with Crippen LogP contribution < -0.4 is 14.2 Å². The van der Waals surface area contributed by atoms with Crippen LogP contribution in [0.3, 0.4) is 0 Å². The van der Waals surface area contributed by atoms with Gasteiger partial charge < -0.3 is 19.3 Å². The Balaban J connectivity index is 2.30. The molecule has 1 aromatic heterocycles. The molecule has 0 atom stereocenters. The molecule has 29 heavy (non-hydrogen) atoms. The van der Waals surface area contributed by atoms with Crippen molar-refractivity contribution in [3.8, 4) is 11.5 Å². The molecule has 0 saturated heterocycles. The van der Waals surface area contributed by atoms with Gasteiger partial charge in [-0.25, -0.2) is 8.42 Å². The molecule has 164 valence electrons. The summed E-state index contributed by atoms with van der Waals surface area (Å²) in [7, 11) is -8.58. The van der Waals surface area contributed by atoms with Gasteiger partial charge in [0.2, 0.25) is 0 Å². The predicted octanol–water partition coefficient (Wildman–Crippen LogP) is 3.72. The van der Waals surface area contributed by atoms with Crippen molar-refractivity contribution in [1.82, 2.24) is 4.72 Å². The fourth-order valence-corrected chi connectivity index (χ4v) is 6.00. The smallest absolute Gasteiger partial charge is 0.340 e. The van der Waals surface area contributed by atoms with E-state index in [4.69, 9.17) is 42.5 Å². The summed E-state index contributed by atoms with van der Waals surface area (Å²) in [5.41, 5.74) is 0. The molecule has 2 aromatic rings. The van der Waals surface area contributed by atoms with Gasteiger partial charge in [0, 0.05) is 22.5 Å². The number of benzene rings is 1. The first kappa shape index (κ1) is 24.7. The topological polar surface area (TPSA) is 122 Å². The highest BCUT2D eigenvalue weighted by atomic mass is 35.5. The lowest BCUT2D eigenvalue weighted by Crippen LogP contribution is -2.23. The van der Waals surface area contributed by atoms with E-state index in [2.05, 4.69) is 0 Å². The van der Waals surface area contributed by atoms with Gasteiger partial charge in [-0.1, -0.05) is 0 Å². The van der Waals surface area contributed by atoms with E-state index < -0.39 is 23.9 Å². The maximum atomic E-state index is 12.3. The number of nitrogens with one attached hydrogen (secondary N) is 1. The van der Waals surface area contributed by atoms with Crippen LogP contribution in [0.25, 0.3) is 10.1 Å². The first-order valence-electron chi connectivity index (χ1n) is 8.65. The average Bonchev–Trinajstić information content (AvgIpc) is 3.07. The molecular weight excluding hydrogens is 484 g/mol. The molecule has 13 heteroatoms. The highest BCUT2D eigenvalue weighted by Crippen LogP contribution is 2.39. The molecule has 0 spiro atoms. The van der Waals surface area contributed by atoms with Crippen LogP contribution in [-0.2, 0) is 14.6 Å². The summed E-state index contributed by atoms with van der Waals surface area (Å²) >= 11 is 12.3. The highest BCUT2D eigenvalue weighted by molar-refractivity contribution is 7.92. The van der Waals surface area contributed by atoms with E-state index in [0.717, 1.165) is 24.2 Å². The predicted molar refractivity (Wildman–Crippen MR) is 115 cm³/mol. The quantitative estimate of drug-likeness (QED) is 0.215. The fourth-order valence-electron chi connectivity index (χ4n) is 2.24. The Bertz CT molecular complexity index is 962. The molecule has 0 unspecified atom stereocenters. The number of thiophene rings is 1. The molecule has 1 aromatic carbocycles. The normalized spacial score (nSPS) is 12.4. The number of fused-ring (bicyclic) bond motifs is 1. The van der Waals surface area contributed by atoms with Crippen molar-refractivity contribution in [3.05, 3.63) is 18.2 Å². The lowest BCUT2D eigenvalue weighted by molar-refractivity contribution is 0.266. The molecule has 3 N–H and O–H groups in total. The Labute approximate surface area is 183 Å². The van der Waals surface area contributed by atoms with Crippen LogP contribution >= 0.6 is 42.1 Å². The zero-order valence-corrected chi connectivity index (χ0v) is 19.4. The van der Waals surface area contributed by atoms with Gasteiger partial charge in [0.25, 0.3) is 10.0 Å². The molecule has 0 radical (unpaired) electrons. The third-order valence-electron chi connectivity index (χ3n) is 3.61. The molecule has 0 aliphatic carbocycles. The van der Waals surface area contributed by atoms with Gasteiger partial charge in [0.05, 0.1) is 13.2 Å². The zero-order valence-electron chi connectivity index (χ0n) is 15.3. The fraction of sp³-hybridized carbons (Fsp3) is 0.500. The van der Waals surface area contributed by atoms with E-state index in [1.165, 1.54) is 6.07 Å². The Hall–Kier alpha value is -0.580. The molecular formula is C16H22Cl2NO7PS2. The van der Waals surface area contributed by atoms with Gasteiger partial charge in [-0.3, -0.25) is 4.57 Å². The zero-order chi connectivity index (χ0) is 21.5. The van der Waals surface area contributed by atoms with Crippen molar-refractivity contribution in [2.45, 2.75) is 23.5 Å². The molecule has 1 heterocycles. The summed E-state index contributed by atoms with van der Waals surface area (Å²) < 4.78 is 49.7. The van der Waals surface area contributed by atoms with Crippen LogP contribution in [0, 0.1) is 0 Å². The van der Waals surface area contributed by atoms with Crippen molar-refractivity contribution in [3.63, 3.8) is 0 Å². The number of rotatable bonds is 13. The highest BCUT2D eigenvalue weighted by Gasteiger charge is 2.23. The molecule has 0 saturated carbocycles. The molecule has 0 fully saturated rings. The van der Waals surface area contributed by atoms with Crippen molar-refractivity contribution < 1.29 is 32.2 Å². The van der Waals surface area contributed by atoms with Crippen molar-refractivity contribution in [2.75, 3.05) is 31.3 Å². The van der Waals surface area contributed by atoms with Crippen LogP contribution in [0.4, 0.5) is 0 Å². The van der Waals surface area contributed by atoms with Crippen molar-refractivity contribution in [1.29, 1.82) is 0 Å². The first-order valence-corrected chi connectivity index (χ1v) is 13.8. The van der Waals surface area contributed by atoms with E-state index in [1.54, 1.807) is 12.1 Å². The molecule has 8 nitrogen and oxygen atoms in total. The number of hydrogen-bond acceptors (Lipinski definition) is 6. The van der Waals surface area contributed by atoms with E-state index >= 15 is 0 Å². The number of sulfonamides is 1. The molecule has 2 rings (SSSR count). The Morgan fingerprint density at radius 2 is 1.62 bits per heavy atom. The number of unbranched alkanes of at least 4 members (excludes halogenated alkanes) is 1. The molecule has 0 amide bonds. The van der Waals surface area contributed by atoms with Gasteiger partial charge in [0.15, 0.2) is 11.5 Å². The van der Waals surface area contributed by atoms with Crippen LogP contribution in [0.15, 0.2) is 22.4 Å². The maximum Gasteiger partial charge on any atom is 0.340 e. The standard InChI is InChI=1S/C16H22Cl2NO7PS2/c17-4-1-2-6-25-13-8-12-9-16(29(23,24)19-11-27(20,21)22)28-15(12)10-14(13)26-7-3-5-18/h8-10,19H,1-7,11H2,(H2,20,21,22). The van der Waals surface area contributed by atoms with Crippen LogP contribution in [0.1, 0.15) is 19.3 Å². The maximum absolute atomic E-state index is 12.3. The molecule has 0 aliphatic rings. The van der Waals surface area contributed by atoms with Gasteiger partial charge in [-0.05, 0) is 36.8 Å². The second-order valence-electron chi connectivity index (χ2n) is 6.01. The Morgan fingerprint density at radius 3 is 2.24 bits per heavy atom. The van der Waals surface area contributed by atoms with Crippen molar-refractivity contribution in [2.24, 2.45) is 0 Å². The minimum absolute atomic E-state index is 0.0630. The van der Waals surface area contributed by atoms with E-state index in [1.807, 2.05) is 4.72 Å². The second kappa shape index (κ2) is 11.2. The van der Waals surface area contributed by atoms with Gasteiger partial charge >= 0.3 is 7.60 Å². The summed E-state index contributed by atoms with van der Waals surface area (Å²) in [6, 6.07) is 4.80. The molecule has 0 bridgehead atoms. The SMILES string of the molecule is O=P(O)(O)CNS(=O)(=O)c1cc2cc(OCCCCCl)c(OCCCCl)cc2s1. The summed E-state index contributed by atoms with van der Waals surface area (Å²) in [4.78, 5) is 17.8. The summed E-state index contributed by atoms with van der Waals surface area (Å²) in [5.74, 6) is 1.93. The minimum Gasteiger partial charge on any atom is -0.490 e. The third kappa shape index (κ3) is 7.88. The average molecular weight is 506 g/mol. The number of alkyl halides is 2. The van der Waals surface area contributed by atoms with E-state index in [-0.39, 0.29) is 4.21 Å². The van der Waals surface area contributed by atoms with E-state index in [9.17, 15) is 13.0 Å². The molecule has 0 aliphatic heterocycles. The number of hydrogen-bond donors (Lipinski definition) is 3. The van der Waals surface area contributed by atoms with Gasteiger partial charge in [-0.2, -0.15) is 4.72 Å². The minimum atomic E-state index is -4.51. The first-order chi connectivity index (χ1) is 13.7. The summed E-state index contributed by atoms with van der Waals surface area (Å²) in [5, 5.41) is 0.614. The Morgan fingerprint density at radius 1 is 1.00 bits per heavy atom. The van der Waals surface area contributed by atoms with Crippen LogP contribution in [0.5, 0.6) is 11.5 Å². The van der Waals surface area contributed by atoms with Crippen LogP contribution in [0.2, 0.25) is 0 Å². The van der Waals surface area contributed by atoms with Gasteiger partial charge in [0.1, 0.15) is 10.5 Å². The van der Waals surface area contributed by atoms with Gasteiger partial charge in [-0.15, -0.1) is 34.5 Å². The van der Waals surface area contributed by atoms with E-state index in [0.29, 0.717) is 53.0 Å². The van der Waals surface area contributed by atoms with Crippen molar-refractivity contribution >= 4 is 62.2 Å². The Kier molecular flexibility index (Phi) is 9.50. The largest absolute Gasteiger partial charge is 0.490 e. The number of halogens is 2. The third-order valence-corrected chi connectivity index (χ3v) is 7.90. The second-order valence-corrected chi connectivity index (χ2v) is 11.5. The summed E-state index contributed by atoms with van der Waals surface area (Å²) in [6.45, 7) is 0.816.